The molecule has 1 heterocycles. The molecule has 0 aliphatic heterocycles. The van der Waals surface area contributed by atoms with Gasteiger partial charge in [0.15, 0.2) is 5.78 Å². The topological polar surface area (TPSA) is 39.2 Å². The zero-order chi connectivity index (χ0) is 13.8. The number of hydrogen-bond acceptors (Lipinski definition) is 3. The summed E-state index contributed by atoms with van der Waals surface area (Å²) in [5, 5.41) is 0.451. The molecule has 1 aromatic carbocycles. The van der Waals surface area contributed by atoms with E-state index in [9.17, 15) is 4.79 Å². The van der Waals surface area contributed by atoms with E-state index in [4.69, 9.17) is 16.3 Å². The monoisotopic (exact) mass is 275 g/mol. The highest BCUT2D eigenvalue weighted by atomic mass is 35.5. The maximum atomic E-state index is 12.4. The number of benzene rings is 1. The molecule has 4 heteroatoms. The third-order valence-electron chi connectivity index (χ3n) is 2.66. The van der Waals surface area contributed by atoms with E-state index in [0.717, 1.165) is 5.56 Å². The van der Waals surface area contributed by atoms with Crippen LogP contribution in [0.4, 0.5) is 0 Å². The van der Waals surface area contributed by atoms with Crippen LogP contribution in [0.5, 0.6) is 5.75 Å². The van der Waals surface area contributed by atoms with Gasteiger partial charge in [-0.15, -0.1) is 0 Å². The molecule has 0 aliphatic carbocycles. The lowest BCUT2D eigenvalue weighted by atomic mass is 10.0. The molecular formula is C15H14ClNO2. The number of rotatable bonds is 4. The van der Waals surface area contributed by atoms with E-state index < -0.39 is 0 Å². The van der Waals surface area contributed by atoms with Crippen LogP contribution < -0.4 is 4.74 Å². The molecule has 3 nitrogen and oxygen atoms in total. The van der Waals surface area contributed by atoms with E-state index in [-0.39, 0.29) is 5.78 Å². The maximum absolute atomic E-state index is 12.4. The van der Waals surface area contributed by atoms with Gasteiger partial charge < -0.3 is 4.74 Å². The second kappa shape index (κ2) is 5.85. The van der Waals surface area contributed by atoms with Gasteiger partial charge >= 0.3 is 0 Å². The molecule has 0 bridgehead atoms. The number of carbonyl (C=O) groups excluding carboxylic acids is 1. The van der Waals surface area contributed by atoms with Crippen LogP contribution >= 0.6 is 11.6 Å². The summed E-state index contributed by atoms with van der Waals surface area (Å²) in [4.78, 5) is 16.4. The molecule has 2 aromatic rings. The average molecular weight is 276 g/mol. The first-order chi connectivity index (χ1) is 9.11. The summed E-state index contributed by atoms with van der Waals surface area (Å²) in [5.74, 6) is 0.427. The van der Waals surface area contributed by atoms with Crippen molar-refractivity contribution in [3.05, 3.63) is 58.4 Å². The van der Waals surface area contributed by atoms with Gasteiger partial charge in [0.05, 0.1) is 17.8 Å². The minimum Gasteiger partial charge on any atom is -0.492 e. The summed E-state index contributed by atoms with van der Waals surface area (Å²) < 4.78 is 5.33. The molecular weight excluding hydrogens is 262 g/mol. The quantitative estimate of drug-likeness (QED) is 0.799. The van der Waals surface area contributed by atoms with Crippen molar-refractivity contribution in [1.82, 2.24) is 4.98 Å². The fourth-order valence-electron chi connectivity index (χ4n) is 1.75. The summed E-state index contributed by atoms with van der Waals surface area (Å²) in [7, 11) is 0. The highest BCUT2D eigenvalue weighted by molar-refractivity contribution is 6.35. The predicted molar refractivity (Wildman–Crippen MR) is 75.0 cm³/mol. The van der Waals surface area contributed by atoms with Crippen molar-refractivity contribution in [3.63, 3.8) is 0 Å². The van der Waals surface area contributed by atoms with Crippen LogP contribution in [0.1, 0.15) is 28.4 Å². The largest absolute Gasteiger partial charge is 0.492 e. The summed E-state index contributed by atoms with van der Waals surface area (Å²) >= 11 is 6.10. The Kier molecular flexibility index (Phi) is 4.17. The van der Waals surface area contributed by atoms with Crippen molar-refractivity contribution in [1.29, 1.82) is 0 Å². The molecule has 0 saturated carbocycles. The van der Waals surface area contributed by atoms with Crippen LogP contribution in [0.25, 0.3) is 0 Å². The first-order valence-corrected chi connectivity index (χ1v) is 6.38. The zero-order valence-electron chi connectivity index (χ0n) is 10.8. The van der Waals surface area contributed by atoms with Crippen molar-refractivity contribution in [2.75, 3.05) is 6.61 Å². The Bertz CT molecular complexity index is 611. The number of ether oxygens (including phenoxy) is 1. The number of carbonyl (C=O) groups is 1. The molecule has 98 valence electrons. The molecule has 0 saturated heterocycles. The molecule has 2 rings (SSSR count). The number of hydrogen-bond donors (Lipinski definition) is 0. The highest BCUT2D eigenvalue weighted by Crippen LogP contribution is 2.22. The number of pyridine rings is 1. The Morgan fingerprint density at radius 2 is 2.11 bits per heavy atom. The third-order valence-corrected chi connectivity index (χ3v) is 2.97. The molecule has 1 aromatic heterocycles. The Labute approximate surface area is 117 Å². The summed E-state index contributed by atoms with van der Waals surface area (Å²) in [6, 6.07) is 7.04. The van der Waals surface area contributed by atoms with E-state index >= 15 is 0 Å². The number of ketones is 1. The lowest BCUT2D eigenvalue weighted by Crippen LogP contribution is -2.04. The highest BCUT2D eigenvalue weighted by Gasteiger charge is 2.14. The van der Waals surface area contributed by atoms with Crippen molar-refractivity contribution < 1.29 is 9.53 Å². The van der Waals surface area contributed by atoms with Gasteiger partial charge in [0, 0.05) is 17.3 Å². The van der Waals surface area contributed by atoms with E-state index in [0.29, 0.717) is 28.5 Å². The fourth-order valence-corrected chi connectivity index (χ4v) is 2.07. The fraction of sp³-hybridized carbons (Fsp3) is 0.200. The standard InChI is InChI=1S/C15H14ClNO2/c1-3-19-12-7-11(8-17-9-12)15(18)13-5-4-10(2)6-14(13)16/h4-9H,3H2,1-2H3. The molecule has 0 aliphatic rings. The van der Waals surface area contributed by atoms with Crippen LogP contribution in [0, 0.1) is 6.92 Å². The lowest BCUT2D eigenvalue weighted by molar-refractivity contribution is 0.103. The van der Waals surface area contributed by atoms with Gasteiger partial charge in [0.25, 0.3) is 0 Å². The third kappa shape index (κ3) is 3.12. The number of aryl methyl sites for hydroxylation is 1. The SMILES string of the molecule is CCOc1cncc(C(=O)c2ccc(C)cc2Cl)c1. The Balaban J connectivity index is 2.35. The lowest BCUT2D eigenvalue weighted by Gasteiger charge is -2.06. The van der Waals surface area contributed by atoms with E-state index in [1.54, 1.807) is 24.4 Å². The minimum atomic E-state index is -0.154. The van der Waals surface area contributed by atoms with Crippen LogP contribution in [-0.2, 0) is 0 Å². The Hall–Kier alpha value is -1.87. The zero-order valence-corrected chi connectivity index (χ0v) is 11.6. The van der Waals surface area contributed by atoms with Crippen LogP contribution in [-0.4, -0.2) is 17.4 Å². The van der Waals surface area contributed by atoms with Crippen molar-refractivity contribution in [2.24, 2.45) is 0 Å². The van der Waals surface area contributed by atoms with Gasteiger partial charge in [0.1, 0.15) is 5.75 Å². The summed E-state index contributed by atoms with van der Waals surface area (Å²) in [5.41, 5.74) is 1.96. The van der Waals surface area contributed by atoms with Crippen molar-refractivity contribution in [3.8, 4) is 5.75 Å². The molecule has 0 unspecified atom stereocenters. The minimum absolute atomic E-state index is 0.154. The first kappa shape index (κ1) is 13.6. The van der Waals surface area contributed by atoms with Crippen LogP contribution in [0.3, 0.4) is 0 Å². The van der Waals surface area contributed by atoms with Gasteiger partial charge in [-0.25, -0.2) is 0 Å². The second-order valence-corrected chi connectivity index (χ2v) is 4.56. The van der Waals surface area contributed by atoms with Crippen molar-refractivity contribution >= 4 is 17.4 Å². The van der Waals surface area contributed by atoms with Gasteiger partial charge in [-0.3, -0.25) is 9.78 Å². The summed E-state index contributed by atoms with van der Waals surface area (Å²) in [6.07, 6.45) is 3.10. The van der Waals surface area contributed by atoms with Gasteiger partial charge in [-0.2, -0.15) is 0 Å². The normalized spacial score (nSPS) is 10.3. The first-order valence-electron chi connectivity index (χ1n) is 6.00. The number of halogens is 1. The van der Waals surface area contributed by atoms with Crippen LogP contribution in [0.2, 0.25) is 5.02 Å². The smallest absolute Gasteiger partial charge is 0.196 e. The molecule has 19 heavy (non-hydrogen) atoms. The Morgan fingerprint density at radius 3 is 2.79 bits per heavy atom. The van der Waals surface area contributed by atoms with Crippen molar-refractivity contribution in [2.45, 2.75) is 13.8 Å². The van der Waals surface area contributed by atoms with Crippen LogP contribution in [0.15, 0.2) is 36.7 Å². The van der Waals surface area contributed by atoms with Gasteiger partial charge in [0.2, 0.25) is 0 Å². The molecule has 0 radical (unpaired) electrons. The number of nitrogens with zero attached hydrogens (tertiary/aromatic N) is 1. The average Bonchev–Trinajstić information content (AvgIpc) is 2.39. The van der Waals surface area contributed by atoms with E-state index in [2.05, 4.69) is 4.98 Å². The van der Waals surface area contributed by atoms with Gasteiger partial charge in [-0.05, 0) is 37.6 Å². The van der Waals surface area contributed by atoms with E-state index in [1.807, 2.05) is 19.9 Å². The summed E-state index contributed by atoms with van der Waals surface area (Å²) in [6.45, 7) is 4.34. The molecule has 0 spiro atoms. The molecule has 0 atom stereocenters. The maximum Gasteiger partial charge on any atom is 0.196 e. The predicted octanol–water partition coefficient (Wildman–Crippen LogP) is 3.67. The Morgan fingerprint density at radius 1 is 1.32 bits per heavy atom. The number of aromatic nitrogens is 1. The molecule has 0 N–H and O–H groups in total. The second-order valence-electron chi connectivity index (χ2n) is 4.15. The molecule has 0 amide bonds. The van der Waals surface area contributed by atoms with E-state index in [1.165, 1.54) is 6.20 Å². The molecule has 0 fully saturated rings. The van der Waals surface area contributed by atoms with Gasteiger partial charge in [-0.1, -0.05) is 17.7 Å².